The minimum absolute atomic E-state index is 0.0295. The summed E-state index contributed by atoms with van der Waals surface area (Å²) in [4.78, 5) is 23.9. The van der Waals surface area contributed by atoms with Crippen molar-refractivity contribution in [1.82, 2.24) is 10.7 Å². The second kappa shape index (κ2) is 8.76. The normalized spacial score (nSPS) is 11.4. The van der Waals surface area contributed by atoms with Crippen LogP contribution in [0.5, 0.6) is 0 Å². The van der Waals surface area contributed by atoms with Crippen molar-refractivity contribution in [3.63, 3.8) is 0 Å². The number of carbonyl (C=O) groups excluding carboxylic acids is 2. The minimum Gasteiger partial charge on any atom is -0.343 e. The maximum Gasteiger partial charge on any atom is 0.259 e. The lowest BCUT2D eigenvalue weighted by Crippen LogP contribution is -2.34. The van der Waals surface area contributed by atoms with E-state index in [0.717, 1.165) is 15.6 Å². The predicted octanol–water partition coefficient (Wildman–Crippen LogP) is 3.63. The highest BCUT2D eigenvalue weighted by molar-refractivity contribution is 9.10. The maximum atomic E-state index is 12.1. The molecular formula is C20H22BrN3O2. The number of amides is 2. The van der Waals surface area contributed by atoms with Crippen LogP contribution in [0.1, 0.15) is 42.3 Å². The van der Waals surface area contributed by atoms with E-state index in [1.807, 2.05) is 36.4 Å². The maximum absolute atomic E-state index is 12.1. The van der Waals surface area contributed by atoms with Crippen LogP contribution >= 0.6 is 15.9 Å². The Morgan fingerprint density at radius 3 is 2.23 bits per heavy atom. The van der Waals surface area contributed by atoms with Crippen molar-refractivity contribution in [2.75, 3.05) is 6.54 Å². The third-order valence-electron chi connectivity index (χ3n) is 3.70. The molecule has 0 fully saturated rings. The average Bonchev–Trinajstić information content (AvgIpc) is 2.61. The molecule has 2 aromatic carbocycles. The molecule has 2 aromatic rings. The quantitative estimate of drug-likeness (QED) is 0.577. The molecule has 0 aliphatic heterocycles. The highest BCUT2D eigenvalue weighted by Crippen LogP contribution is 2.22. The summed E-state index contributed by atoms with van der Waals surface area (Å²) in [5.41, 5.74) is 4.94. The van der Waals surface area contributed by atoms with Crippen LogP contribution in [0.15, 0.2) is 58.1 Å². The summed E-state index contributed by atoms with van der Waals surface area (Å²) in [6.07, 6.45) is 1.54. The molecule has 0 saturated carbocycles. The first-order valence-electron chi connectivity index (χ1n) is 8.22. The van der Waals surface area contributed by atoms with E-state index in [-0.39, 0.29) is 17.9 Å². The van der Waals surface area contributed by atoms with Gasteiger partial charge in [-0.25, -0.2) is 5.43 Å². The van der Waals surface area contributed by atoms with Gasteiger partial charge in [-0.1, -0.05) is 61.0 Å². The first kappa shape index (κ1) is 19.8. The fraction of sp³-hybridized carbons (Fsp3) is 0.250. The van der Waals surface area contributed by atoms with Crippen LogP contribution in [0.25, 0.3) is 0 Å². The monoisotopic (exact) mass is 415 g/mol. The third-order valence-corrected chi connectivity index (χ3v) is 4.22. The largest absolute Gasteiger partial charge is 0.343 e. The van der Waals surface area contributed by atoms with E-state index in [1.54, 1.807) is 12.1 Å². The Hall–Kier alpha value is -2.47. The van der Waals surface area contributed by atoms with Crippen molar-refractivity contribution in [2.24, 2.45) is 5.10 Å². The van der Waals surface area contributed by atoms with E-state index < -0.39 is 5.91 Å². The molecule has 0 saturated heterocycles. The van der Waals surface area contributed by atoms with Crippen LogP contribution in [0.2, 0.25) is 0 Å². The number of benzene rings is 2. The van der Waals surface area contributed by atoms with Crippen LogP contribution in [-0.2, 0) is 10.2 Å². The summed E-state index contributed by atoms with van der Waals surface area (Å²) in [5.74, 6) is -0.685. The summed E-state index contributed by atoms with van der Waals surface area (Å²) >= 11 is 3.35. The van der Waals surface area contributed by atoms with Gasteiger partial charge in [0.25, 0.3) is 11.8 Å². The molecule has 6 heteroatoms. The Balaban J connectivity index is 1.81. The van der Waals surface area contributed by atoms with Crippen LogP contribution in [0.3, 0.4) is 0 Å². The lowest BCUT2D eigenvalue weighted by molar-refractivity contribution is -0.120. The molecule has 2 rings (SSSR count). The molecule has 26 heavy (non-hydrogen) atoms. The Bertz CT molecular complexity index is 791. The standard InChI is InChI=1S/C20H22BrN3O2/c1-20(2,3)16-8-6-15(7-9-16)19(26)22-13-18(25)24-23-12-14-4-10-17(21)11-5-14/h4-12H,13H2,1-3H3,(H,22,26)(H,24,25)/b23-12-. The number of rotatable bonds is 5. The average molecular weight is 416 g/mol. The molecule has 0 aliphatic carbocycles. The molecule has 0 heterocycles. The minimum atomic E-state index is -0.391. The molecule has 2 N–H and O–H groups in total. The van der Waals surface area contributed by atoms with Crippen LogP contribution in [-0.4, -0.2) is 24.6 Å². The van der Waals surface area contributed by atoms with E-state index in [2.05, 4.69) is 52.5 Å². The molecule has 136 valence electrons. The number of halogens is 1. The van der Waals surface area contributed by atoms with Gasteiger partial charge in [0.15, 0.2) is 0 Å². The molecule has 0 aliphatic rings. The van der Waals surface area contributed by atoms with E-state index in [4.69, 9.17) is 0 Å². The molecule has 0 aromatic heterocycles. The number of hydrogen-bond donors (Lipinski definition) is 2. The summed E-state index contributed by atoms with van der Waals surface area (Å²) in [5, 5.41) is 6.45. The predicted molar refractivity (Wildman–Crippen MR) is 107 cm³/mol. The zero-order valence-electron chi connectivity index (χ0n) is 15.0. The number of nitrogens with zero attached hydrogens (tertiary/aromatic N) is 1. The Morgan fingerprint density at radius 1 is 1.04 bits per heavy atom. The second-order valence-electron chi connectivity index (χ2n) is 6.85. The van der Waals surface area contributed by atoms with Gasteiger partial charge in [0.2, 0.25) is 0 Å². The van der Waals surface area contributed by atoms with E-state index in [0.29, 0.717) is 5.56 Å². The van der Waals surface area contributed by atoms with E-state index in [1.165, 1.54) is 6.21 Å². The van der Waals surface area contributed by atoms with Crippen LogP contribution in [0, 0.1) is 0 Å². The van der Waals surface area contributed by atoms with Crippen LogP contribution < -0.4 is 10.7 Å². The van der Waals surface area contributed by atoms with Gasteiger partial charge in [0, 0.05) is 10.0 Å². The molecule has 0 spiro atoms. The Morgan fingerprint density at radius 2 is 1.65 bits per heavy atom. The SMILES string of the molecule is CC(C)(C)c1ccc(C(=O)NCC(=O)N/N=C\c2ccc(Br)cc2)cc1. The zero-order chi connectivity index (χ0) is 19.2. The number of nitrogens with one attached hydrogen (secondary N) is 2. The zero-order valence-corrected chi connectivity index (χ0v) is 16.6. The molecule has 5 nitrogen and oxygen atoms in total. The molecular weight excluding hydrogens is 394 g/mol. The fourth-order valence-electron chi connectivity index (χ4n) is 2.15. The molecule has 2 amide bonds. The highest BCUT2D eigenvalue weighted by atomic mass is 79.9. The van der Waals surface area contributed by atoms with Gasteiger partial charge < -0.3 is 5.32 Å². The fourth-order valence-corrected chi connectivity index (χ4v) is 2.42. The summed E-state index contributed by atoms with van der Waals surface area (Å²) in [7, 11) is 0. The molecule has 0 atom stereocenters. The van der Waals surface area contributed by atoms with Gasteiger partial charge in [0.1, 0.15) is 0 Å². The van der Waals surface area contributed by atoms with Crippen LogP contribution in [0.4, 0.5) is 0 Å². The van der Waals surface area contributed by atoms with Crippen molar-refractivity contribution < 1.29 is 9.59 Å². The van der Waals surface area contributed by atoms with Gasteiger partial charge in [-0.3, -0.25) is 9.59 Å². The van der Waals surface area contributed by atoms with E-state index >= 15 is 0 Å². The van der Waals surface area contributed by atoms with Gasteiger partial charge in [0.05, 0.1) is 12.8 Å². The van der Waals surface area contributed by atoms with Gasteiger partial charge in [-0.2, -0.15) is 5.10 Å². The van der Waals surface area contributed by atoms with Crippen molar-refractivity contribution in [3.8, 4) is 0 Å². The Kier molecular flexibility index (Phi) is 6.69. The van der Waals surface area contributed by atoms with Crippen molar-refractivity contribution in [3.05, 3.63) is 69.7 Å². The highest BCUT2D eigenvalue weighted by Gasteiger charge is 2.14. The number of hydrogen-bond acceptors (Lipinski definition) is 3. The smallest absolute Gasteiger partial charge is 0.259 e. The van der Waals surface area contributed by atoms with Gasteiger partial charge >= 0.3 is 0 Å². The first-order chi connectivity index (χ1) is 12.3. The van der Waals surface area contributed by atoms with E-state index in [9.17, 15) is 9.59 Å². The summed E-state index contributed by atoms with van der Waals surface area (Å²) in [6, 6.07) is 14.9. The Labute approximate surface area is 162 Å². The molecule has 0 unspecified atom stereocenters. The summed E-state index contributed by atoms with van der Waals surface area (Å²) in [6.45, 7) is 6.20. The first-order valence-corrected chi connectivity index (χ1v) is 9.01. The lowest BCUT2D eigenvalue weighted by Gasteiger charge is -2.19. The van der Waals surface area contributed by atoms with Crippen molar-refractivity contribution in [1.29, 1.82) is 0 Å². The van der Waals surface area contributed by atoms with Gasteiger partial charge in [-0.15, -0.1) is 0 Å². The molecule has 0 bridgehead atoms. The van der Waals surface area contributed by atoms with Gasteiger partial charge in [-0.05, 0) is 40.8 Å². The molecule has 0 radical (unpaired) electrons. The number of carbonyl (C=O) groups is 2. The van der Waals surface area contributed by atoms with Crippen molar-refractivity contribution in [2.45, 2.75) is 26.2 Å². The topological polar surface area (TPSA) is 70.6 Å². The lowest BCUT2D eigenvalue weighted by atomic mass is 9.87. The van der Waals surface area contributed by atoms with Crippen molar-refractivity contribution >= 4 is 34.0 Å². The second-order valence-corrected chi connectivity index (χ2v) is 7.77. The third kappa shape index (κ3) is 6.11. The number of hydrazone groups is 1. The summed E-state index contributed by atoms with van der Waals surface area (Å²) < 4.78 is 0.969.